The largest absolute Gasteiger partial charge is 0.486 e. The number of hydrogen-bond donors (Lipinski definition) is 1. The molecule has 148 valence electrons. The third kappa shape index (κ3) is 4.63. The van der Waals surface area contributed by atoms with Crippen LogP contribution in [0.15, 0.2) is 67.1 Å². The average molecular weight is 390 g/mol. The van der Waals surface area contributed by atoms with Gasteiger partial charge in [-0.2, -0.15) is 0 Å². The minimum absolute atomic E-state index is 0.111. The van der Waals surface area contributed by atoms with Crippen LogP contribution in [0.2, 0.25) is 0 Å². The Morgan fingerprint density at radius 3 is 2.69 bits per heavy atom. The summed E-state index contributed by atoms with van der Waals surface area (Å²) in [6.45, 7) is 1.48. The van der Waals surface area contributed by atoms with Crippen molar-refractivity contribution >= 4 is 11.7 Å². The van der Waals surface area contributed by atoms with E-state index in [1.54, 1.807) is 42.7 Å². The SMILES string of the molecule is CN(CC1COc2ccccc2O1)C(=O)c1ccc(NCc2ccncc2)nc1. The van der Waals surface area contributed by atoms with Crippen molar-refractivity contribution in [3.8, 4) is 11.5 Å². The summed E-state index contributed by atoms with van der Waals surface area (Å²) in [5, 5.41) is 3.23. The Hall–Kier alpha value is -3.61. The van der Waals surface area contributed by atoms with Gasteiger partial charge in [0.1, 0.15) is 12.4 Å². The summed E-state index contributed by atoms with van der Waals surface area (Å²) in [4.78, 5) is 22.7. The Bertz CT molecular complexity index is 963. The number of likely N-dealkylation sites (N-methyl/N-ethyl adjacent to an activating group) is 1. The molecule has 7 nitrogen and oxygen atoms in total. The van der Waals surface area contributed by atoms with Gasteiger partial charge in [0, 0.05) is 32.2 Å². The molecule has 1 N–H and O–H groups in total. The number of fused-ring (bicyclic) bond motifs is 1. The van der Waals surface area contributed by atoms with Crippen LogP contribution >= 0.6 is 0 Å². The molecular weight excluding hydrogens is 368 g/mol. The third-order valence-corrected chi connectivity index (χ3v) is 4.63. The number of benzene rings is 1. The summed E-state index contributed by atoms with van der Waals surface area (Å²) in [5.74, 6) is 2.04. The van der Waals surface area contributed by atoms with Gasteiger partial charge in [0.2, 0.25) is 0 Å². The molecule has 0 fully saturated rings. The van der Waals surface area contributed by atoms with Gasteiger partial charge < -0.3 is 19.7 Å². The zero-order chi connectivity index (χ0) is 20.1. The highest BCUT2D eigenvalue weighted by atomic mass is 16.6. The van der Waals surface area contributed by atoms with Crippen molar-refractivity contribution in [2.75, 3.05) is 25.5 Å². The minimum Gasteiger partial charge on any atom is -0.486 e. The van der Waals surface area contributed by atoms with Gasteiger partial charge in [-0.25, -0.2) is 4.98 Å². The summed E-state index contributed by atoms with van der Waals surface area (Å²) >= 11 is 0. The van der Waals surface area contributed by atoms with E-state index in [-0.39, 0.29) is 12.0 Å². The van der Waals surface area contributed by atoms with E-state index in [9.17, 15) is 4.79 Å². The number of pyridine rings is 2. The zero-order valence-electron chi connectivity index (χ0n) is 16.1. The molecule has 1 unspecified atom stereocenters. The van der Waals surface area contributed by atoms with Crippen molar-refractivity contribution in [3.05, 3.63) is 78.2 Å². The van der Waals surface area contributed by atoms with Crippen LogP contribution < -0.4 is 14.8 Å². The van der Waals surface area contributed by atoms with Gasteiger partial charge >= 0.3 is 0 Å². The molecule has 1 aliphatic heterocycles. The van der Waals surface area contributed by atoms with Crippen LogP contribution in [0, 0.1) is 0 Å². The first kappa shape index (κ1) is 18.7. The van der Waals surface area contributed by atoms with Crippen LogP contribution in [0.4, 0.5) is 5.82 Å². The molecule has 7 heteroatoms. The van der Waals surface area contributed by atoms with Crippen molar-refractivity contribution in [1.82, 2.24) is 14.9 Å². The van der Waals surface area contributed by atoms with Gasteiger partial charge in [-0.1, -0.05) is 12.1 Å². The van der Waals surface area contributed by atoms with Gasteiger partial charge in [-0.3, -0.25) is 9.78 Å². The van der Waals surface area contributed by atoms with Crippen molar-refractivity contribution in [3.63, 3.8) is 0 Å². The van der Waals surface area contributed by atoms with Crippen LogP contribution in [-0.4, -0.2) is 47.1 Å². The van der Waals surface area contributed by atoms with Crippen molar-refractivity contribution in [2.24, 2.45) is 0 Å². The highest BCUT2D eigenvalue weighted by Crippen LogP contribution is 2.31. The molecule has 29 heavy (non-hydrogen) atoms. The normalized spacial score (nSPS) is 14.9. The fourth-order valence-corrected chi connectivity index (χ4v) is 3.08. The fraction of sp³-hybridized carbons (Fsp3) is 0.227. The second-order valence-electron chi connectivity index (χ2n) is 6.82. The van der Waals surface area contributed by atoms with Crippen molar-refractivity contribution in [2.45, 2.75) is 12.6 Å². The lowest BCUT2D eigenvalue weighted by atomic mass is 10.2. The predicted octanol–water partition coefficient (Wildman–Crippen LogP) is 3.00. The van der Waals surface area contributed by atoms with Crippen LogP contribution in [-0.2, 0) is 6.54 Å². The van der Waals surface area contributed by atoms with E-state index in [0.717, 1.165) is 11.3 Å². The number of anilines is 1. The van der Waals surface area contributed by atoms with Gasteiger partial charge in [0.25, 0.3) is 5.91 Å². The smallest absolute Gasteiger partial charge is 0.255 e. The number of hydrogen-bond acceptors (Lipinski definition) is 6. The van der Waals surface area contributed by atoms with Crippen LogP contribution in [0.1, 0.15) is 15.9 Å². The number of rotatable bonds is 6. The summed E-state index contributed by atoms with van der Waals surface area (Å²) < 4.78 is 11.6. The average Bonchev–Trinajstić information content (AvgIpc) is 2.78. The number of aromatic nitrogens is 2. The van der Waals surface area contributed by atoms with Crippen LogP contribution in [0.3, 0.4) is 0 Å². The number of amides is 1. The number of ether oxygens (including phenoxy) is 2. The van der Waals surface area contributed by atoms with E-state index >= 15 is 0 Å². The van der Waals surface area contributed by atoms with Crippen molar-refractivity contribution < 1.29 is 14.3 Å². The van der Waals surface area contributed by atoms with Crippen molar-refractivity contribution in [1.29, 1.82) is 0 Å². The van der Waals surface area contributed by atoms with E-state index in [1.165, 1.54) is 0 Å². The van der Waals surface area contributed by atoms with E-state index in [1.807, 2.05) is 36.4 Å². The molecule has 1 atom stereocenters. The molecule has 2 aromatic heterocycles. The van der Waals surface area contributed by atoms with E-state index < -0.39 is 0 Å². The number of nitrogens with zero attached hydrogens (tertiary/aromatic N) is 3. The first-order chi connectivity index (χ1) is 14.2. The highest BCUT2D eigenvalue weighted by Gasteiger charge is 2.24. The van der Waals surface area contributed by atoms with E-state index in [4.69, 9.17) is 9.47 Å². The summed E-state index contributed by atoms with van der Waals surface area (Å²) in [6, 6.07) is 15.0. The molecule has 0 saturated carbocycles. The molecule has 0 spiro atoms. The predicted molar refractivity (Wildman–Crippen MR) is 109 cm³/mol. The first-order valence-corrected chi connectivity index (χ1v) is 9.42. The maximum atomic E-state index is 12.7. The number of nitrogens with one attached hydrogen (secondary N) is 1. The van der Waals surface area contributed by atoms with E-state index in [2.05, 4.69) is 15.3 Å². The van der Waals surface area contributed by atoms with Gasteiger partial charge in [-0.05, 0) is 42.0 Å². The molecule has 0 radical (unpaired) electrons. The highest BCUT2D eigenvalue weighted by molar-refractivity contribution is 5.93. The lowest BCUT2D eigenvalue weighted by Gasteiger charge is -2.29. The topological polar surface area (TPSA) is 76.6 Å². The number of carbonyl (C=O) groups is 1. The molecule has 0 aliphatic carbocycles. The Morgan fingerprint density at radius 1 is 1.14 bits per heavy atom. The van der Waals surface area contributed by atoms with Crippen LogP contribution in [0.25, 0.3) is 0 Å². The fourth-order valence-electron chi connectivity index (χ4n) is 3.08. The molecule has 1 amide bonds. The molecule has 1 aromatic carbocycles. The number of para-hydroxylation sites is 2. The quantitative estimate of drug-likeness (QED) is 0.697. The molecular formula is C22H22N4O3. The zero-order valence-corrected chi connectivity index (χ0v) is 16.1. The summed E-state index contributed by atoms with van der Waals surface area (Å²) in [5.41, 5.74) is 1.64. The Morgan fingerprint density at radius 2 is 1.93 bits per heavy atom. The minimum atomic E-state index is -0.215. The molecule has 4 rings (SSSR count). The van der Waals surface area contributed by atoms with Crippen LogP contribution in [0.5, 0.6) is 11.5 Å². The summed E-state index contributed by atoms with van der Waals surface area (Å²) in [6.07, 6.45) is 4.87. The first-order valence-electron chi connectivity index (χ1n) is 9.42. The lowest BCUT2D eigenvalue weighted by Crippen LogP contribution is -2.41. The second-order valence-corrected chi connectivity index (χ2v) is 6.82. The summed E-state index contributed by atoms with van der Waals surface area (Å²) in [7, 11) is 1.75. The maximum Gasteiger partial charge on any atom is 0.255 e. The second kappa shape index (κ2) is 8.60. The molecule has 3 heterocycles. The number of carbonyl (C=O) groups excluding carboxylic acids is 1. The molecule has 0 bridgehead atoms. The lowest BCUT2D eigenvalue weighted by molar-refractivity contribution is 0.0520. The molecule has 1 aliphatic rings. The molecule has 3 aromatic rings. The third-order valence-electron chi connectivity index (χ3n) is 4.63. The van der Waals surface area contributed by atoms with E-state index in [0.29, 0.717) is 36.8 Å². The standard InChI is InChI=1S/C22H22N4O3/c1-26(14-18-15-28-19-4-2-3-5-20(19)29-18)22(27)17-6-7-21(25-13-17)24-12-16-8-10-23-11-9-16/h2-11,13,18H,12,14-15H2,1H3,(H,24,25). The maximum absolute atomic E-state index is 12.7. The Kier molecular flexibility index (Phi) is 5.56. The monoisotopic (exact) mass is 390 g/mol. The van der Waals surface area contributed by atoms with Gasteiger partial charge in [0.15, 0.2) is 17.6 Å². The Labute approximate surface area is 169 Å². The molecule has 0 saturated heterocycles. The Balaban J connectivity index is 1.32. The van der Waals surface area contributed by atoms with Gasteiger partial charge in [0.05, 0.1) is 12.1 Å². The van der Waals surface area contributed by atoms with Gasteiger partial charge in [-0.15, -0.1) is 0 Å².